The number of hydrogen-bond donors (Lipinski definition) is 1. The van der Waals surface area contributed by atoms with Gasteiger partial charge in [-0.25, -0.2) is 4.79 Å². The van der Waals surface area contributed by atoms with Crippen molar-refractivity contribution in [1.29, 1.82) is 0 Å². The van der Waals surface area contributed by atoms with Gasteiger partial charge in [-0.3, -0.25) is 9.80 Å². The minimum Gasteiger partial charge on any atom is -0.481 e. The average molecular weight is 477 g/mol. The molecule has 34 heavy (non-hydrogen) atoms. The minimum atomic E-state index is -3.10. The van der Waals surface area contributed by atoms with Crippen LogP contribution in [0.15, 0.2) is 36.4 Å². The Bertz CT molecular complexity index is 1000. The van der Waals surface area contributed by atoms with Crippen LogP contribution >= 0.6 is 0 Å². The first-order valence-electron chi connectivity index (χ1n) is 11.4. The van der Waals surface area contributed by atoms with Crippen LogP contribution in [0.5, 0.6) is 11.8 Å². The maximum absolute atomic E-state index is 13.7. The van der Waals surface area contributed by atoms with Gasteiger partial charge in [0.15, 0.2) is 0 Å². The first kappa shape index (κ1) is 24.2. The van der Waals surface area contributed by atoms with Gasteiger partial charge in [0, 0.05) is 24.8 Å². The number of urea groups is 1. The Hall–Kier alpha value is -2.98. The summed E-state index contributed by atoms with van der Waals surface area (Å²) < 4.78 is 40.9. The fraction of sp³-hybridized carbons (Fsp3) is 0.500. The molecule has 0 bridgehead atoms. The van der Waals surface area contributed by atoms with Crippen LogP contribution in [0, 0.1) is 0 Å². The lowest BCUT2D eigenvalue weighted by molar-refractivity contribution is -0.0572. The van der Waals surface area contributed by atoms with Crippen LogP contribution in [0.4, 0.5) is 25.0 Å². The molecular formula is C24H30F2N4O4. The normalized spacial score (nSPS) is 18.7. The number of methoxy groups -OCH3 is 1. The standard InChI is InChI=1S/C24H30F2N4O4/c1-15(2)18-6-4-5-7-20(18)30(16-10-11-29(12-16)17-13-33-14-17)24(31)27-19-8-9-21(32-3)28-22(19)34-23(25)26/h4-9,15-17,23H,10-14H2,1-3H3,(H,27,31)/t16-/m0/s1. The van der Waals surface area contributed by atoms with Crippen molar-refractivity contribution in [3.63, 3.8) is 0 Å². The molecule has 1 aromatic heterocycles. The lowest BCUT2D eigenvalue weighted by atomic mass is 9.99. The van der Waals surface area contributed by atoms with Gasteiger partial charge in [0.1, 0.15) is 5.69 Å². The van der Waals surface area contributed by atoms with Crippen LogP contribution in [-0.4, -0.2) is 68.0 Å². The number of likely N-dealkylation sites (tertiary alicyclic amines) is 1. The van der Waals surface area contributed by atoms with Crippen molar-refractivity contribution in [2.75, 3.05) is 43.6 Å². The summed E-state index contributed by atoms with van der Waals surface area (Å²) in [6, 6.07) is 10.5. The number of ether oxygens (including phenoxy) is 3. The topological polar surface area (TPSA) is 76.2 Å². The van der Waals surface area contributed by atoms with E-state index < -0.39 is 18.5 Å². The zero-order valence-electron chi connectivity index (χ0n) is 19.5. The SMILES string of the molecule is COc1ccc(NC(=O)N(c2ccccc2C(C)C)[C@H]2CCN(C3COC3)C2)c(OC(F)F)n1. The number of anilines is 2. The predicted molar refractivity (Wildman–Crippen MR) is 124 cm³/mol. The predicted octanol–water partition coefficient (Wildman–Crippen LogP) is 4.33. The van der Waals surface area contributed by atoms with Crippen LogP contribution < -0.4 is 19.7 Å². The quantitative estimate of drug-likeness (QED) is 0.611. The largest absolute Gasteiger partial charge is 0.481 e. The summed E-state index contributed by atoms with van der Waals surface area (Å²) in [5, 5.41) is 2.75. The number of carbonyl (C=O) groups is 1. The Kier molecular flexibility index (Phi) is 7.47. The first-order valence-corrected chi connectivity index (χ1v) is 11.4. The molecule has 2 amide bonds. The number of aromatic nitrogens is 1. The van der Waals surface area contributed by atoms with E-state index in [0.717, 1.165) is 24.2 Å². The first-order chi connectivity index (χ1) is 16.4. The number of para-hydroxylation sites is 1. The third-order valence-corrected chi connectivity index (χ3v) is 6.22. The van der Waals surface area contributed by atoms with E-state index >= 15 is 0 Å². The molecule has 184 valence electrons. The van der Waals surface area contributed by atoms with Crippen molar-refractivity contribution in [1.82, 2.24) is 9.88 Å². The number of halogens is 2. The monoisotopic (exact) mass is 476 g/mol. The number of nitrogens with zero attached hydrogens (tertiary/aromatic N) is 3. The van der Waals surface area contributed by atoms with Crippen molar-refractivity contribution in [2.24, 2.45) is 0 Å². The number of alkyl halides is 2. The number of nitrogens with one attached hydrogen (secondary N) is 1. The van der Waals surface area contributed by atoms with Gasteiger partial charge in [-0.05, 0) is 30.0 Å². The Balaban J connectivity index is 1.65. The molecule has 0 aliphatic carbocycles. The highest BCUT2D eigenvalue weighted by Crippen LogP contribution is 2.34. The second-order valence-electron chi connectivity index (χ2n) is 8.73. The highest BCUT2D eigenvalue weighted by molar-refractivity contribution is 6.03. The molecule has 10 heteroatoms. The van der Waals surface area contributed by atoms with Gasteiger partial charge in [0.05, 0.1) is 32.4 Å². The Morgan fingerprint density at radius 1 is 1.24 bits per heavy atom. The smallest absolute Gasteiger partial charge is 0.388 e. The van der Waals surface area contributed by atoms with Crippen LogP contribution in [-0.2, 0) is 4.74 Å². The summed E-state index contributed by atoms with van der Waals surface area (Å²) in [5.41, 5.74) is 1.87. The molecule has 4 rings (SSSR count). The summed E-state index contributed by atoms with van der Waals surface area (Å²) in [5.74, 6) is -0.117. The van der Waals surface area contributed by atoms with E-state index in [1.165, 1.54) is 19.2 Å². The van der Waals surface area contributed by atoms with Crippen molar-refractivity contribution < 1.29 is 27.8 Å². The molecule has 0 radical (unpaired) electrons. The second-order valence-corrected chi connectivity index (χ2v) is 8.73. The zero-order chi connectivity index (χ0) is 24.2. The van der Waals surface area contributed by atoms with Gasteiger partial charge in [0.25, 0.3) is 0 Å². The lowest BCUT2D eigenvalue weighted by Crippen LogP contribution is -2.50. The third kappa shape index (κ3) is 5.23. The fourth-order valence-electron chi connectivity index (χ4n) is 4.39. The molecule has 1 aromatic carbocycles. The van der Waals surface area contributed by atoms with Gasteiger partial charge in [-0.2, -0.15) is 13.8 Å². The Labute approximate surface area is 197 Å². The van der Waals surface area contributed by atoms with Crippen LogP contribution in [0.25, 0.3) is 0 Å². The molecule has 2 aliphatic rings. The summed E-state index contributed by atoms with van der Waals surface area (Å²) in [6.07, 6.45) is 0.789. The number of amides is 2. The Morgan fingerprint density at radius 2 is 2.00 bits per heavy atom. The van der Waals surface area contributed by atoms with Gasteiger partial charge >= 0.3 is 12.6 Å². The minimum absolute atomic E-state index is 0.0420. The van der Waals surface area contributed by atoms with E-state index in [9.17, 15) is 13.6 Å². The van der Waals surface area contributed by atoms with Crippen LogP contribution in [0.2, 0.25) is 0 Å². The Morgan fingerprint density at radius 3 is 2.65 bits per heavy atom. The molecule has 0 saturated carbocycles. The van der Waals surface area contributed by atoms with Crippen molar-refractivity contribution >= 4 is 17.4 Å². The van der Waals surface area contributed by atoms with Crippen molar-refractivity contribution in [3.8, 4) is 11.8 Å². The number of pyridine rings is 1. The molecule has 8 nitrogen and oxygen atoms in total. The van der Waals surface area contributed by atoms with E-state index in [4.69, 9.17) is 9.47 Å². The molecule has 2 fully saturated rings. The number of benzene rings is 1. The maximum Gasteiger partial charge on any atom is 0.388 e. The highest BCUT2D eigenvalue weighted by atomic mass is 19.3. The molecule has 1 atom stereocenters. The number of hydrogen-bond acceptors (Lipinski definition) is 6. The van der Waals surface area contributed by atoms with Gasteiger partial charge < -0.3 is 19.5 Å². The molecule has 0 spiro atoms. The maximum atomic E-state index is 13.7. The summed E-state index contributed by atoms with van der Waals surface area (Å²) >= 11 is 0. The van der Waals surface area contributed by atoms with Gasteiger partial charge in [0.2, 0.25) is 11.8 Å². The van der Waals surface area contributed by atoms with Crippen molar-refractivity contribution in [2.45, 2.75) is 44.9 Å². The number of carbonyl (C=O) groups excluding carboxylic acids is 1. The molecule has 2 saturated heterocycles. The molecule has 2 aromatic rings. The van der Waals surface area contributed by atoms with Crippen molar-refractivity contribution in [3.05, 3.63) is 42.0 Å². The van der Waals surface area contributed by atoms with Gasteiger partial charge in [-0.15, -0.1) is 0 Å². The fourth-order valence-corrected chi connectivity index (χ4v) is 4.39. The summed E-state index contributed by atoms with van der Waals surface area (Å²) in [7, 11) is 1.37. The van der Waals surface area contributed by atoms with Gasteiger partial charge in [-0.1, -0.05) is 32.0 Å². The van der Waals surface area contributed by atoms with E-state index in [0.29, 0.717) is 25.8 Å². The summed E-state index contributed by atoms with van der Waals surface area (Å²) in [6.45, 7) is 4.01. The molecular weight excluding hydrogens is 446 g/mol. The second kappa shape index (κ2) is 10.5. The number of rotatable bonds is 8. The van der Waals surface area contributed by atoms with Crippen LogP contribution in [0.3, 0.4) is 0 Å². The third-order valence-electron chi connectivity index (χ3n) is 6.22. The molecule has 1 N–H and O–H groups in total. The molecule has 2 aliphatic heterocycles. The van der Waals surface area contributed by atoms with E-state index in [-0.39, 0.29) is 23.5 Å². The molecule has 3 heterocycles. The summed E-state index contributed by atoms with van der Waals surface area (Å²) in [4.78, 5) is 21.7. The zero-order valence-corrected chi connectivity index (χ0v) is 19.5. The lowest BCUT2D eigenvalue weighted by Gasteiger charge is -2.36. The van der Waals surface area contributed by atoms with E-state index in [1.54, 1.807) is 4.90 Å². The van der Waals surface area contributed by atoms with Crippen LogP contribution in [0.1, 0.15) is 31.7 Å². The highest BCUT2D eigenvalue weighted by Gasteiger charge is 2.38. The molecule has 0 unspecified atom stereocenters. The average Bonchev–Trinajstić information content (AvgIpc) is 3.22. The van der Waals surface area contributed by atoms with E-state index in [1.807, 2.05) is 24.3 Å². The van der Waals surface area contributed by atoms with E-state index in [2.05, 4.69) is 33.8 Å².